The van der Waals surface area contributed by atoms with E-state index in [0.717, 1.165) is 16.0 Å². The molecule has 4 nitrogen and oxygen atoms in total. The van der Waals surface area contributed by atoms with Crippen molar-refractivity contribution in [2.75, 3.05) is 17.7 Å². The lowest BCUT2D eigenvalue weighted by atomic mass is 10.2. The van der Waals surface area contributed by atoms with E-state index in [1.165, 1.54) is 12.7 Å². The summed E-state index contributed by atoms with van der Waals surface area (Å²) in [5, 5.41) is 8.01. The van der Waals surface area contributed by atoms with E-state index in [-0.39, 0.29) is 0 Å². The van der Waals surface area contributed by atoms with E-state index in [0.29, 0.717) is 5.69 Å². The number of amides is 1. The van der Waals surface area contributed by atoms with Crippen molar-refractivity contribution < 1.29 is 9.53 Å². The molecule has 0 bridgehead atoms. The Morgan fingerprint density at radius 2 is 2.00 bits per heavy atom. The quantitative estimate of drug-likeness (QED) is 0.872. The summed E-state index contributed by atoms with van der Waals surface area (Å²) in [7, 11) is 1.34. The first-order valence-corrected chi connectivity index (χ1v) is 7.26. The van der Waals surface area contributed by atoms with Gasteiger partial charge in [-0.2, -0.15) is 0 Å². The standard InChI is InChI=1S/C13H13BrN2O2S/c1-18-13(17)16-11-4-2-10(3-5-11)15-7-9-6-12(14)19-8-9/h2-6,8,15H,7H2,1H3,(H,16,17). The Hall–Kier alpha value is -1.53. The fourth-order valence-electron chi connectivity index (χ4n) is 1.48. The molecule has 2 aromatic rings. The summed E-state index contributed by atoms with van der Waals surface area (Å²) in [4.78, 5) is 11.0. The monoisotopic (exact) mass is 340 g/mol. The summed E-state index contributed by atoms with van der Waals surface area (Å²) in [6, 6.07) is 9.55. The summed E-state index contributed by atoms with van der Waals surface area (Å²) in [6.07, 6.45) is -0.469. The molecule has 0 aliphatic heterocycles. The highest BCUT2D eigenvalue weighted by Crippen LogP contribution is 2.21. The van der Waals surface area contributed by atoms with Crippen LogP contribution in [0.2, 0.25) is 0 Å². The minimum absolute atomic E-state index is 0.469. The average Bonchev–Trinajstić information content (AvgIpc) is 2.83. The number of hydrogen-bond acceptors (Lipinski definition) is 4. The average molecular weight is 341 g/mol. The van der Waals surface area contributed by atoms with Gasteiger partial charge in [0.25, 0.3) is 0 Å². The predicted octanol–water partition coefficient (Wildman–Crippen LogP) is 4.30. The number of methoxy groups -OCH3 is 1. The highest BCUT2D eigenvalue weighted by molar-refractivity contribution is 9.11. The fraction of sp³-hybridized carbons (Fsp3) is 0.154. The minimum atomic E-state index is -0.469. The number of benzene rings is 1. The van der Waals surface area contributed by atoms with Gasteiger partial charge in [-0.1, -0.05) is 0 Å². The van der Waals surface area contributed by atoms with Crippen molar-refractivity contribution in [2.45, 2.75) is 6.54 Å². The number of carbonyl (C=O) groups excluding carboxylic acids is 1. The number of halogens is 1. The Bertz CT molecular complexity index is 554. The van der Waals surface area contributed by atoms with Crippen LogP contribution in [-0.4, -0.2) is 13.2 Å². The molecule has 0 atom stereocenters. The third kappa shape index (κ3) is 4.25. The summed E-state index contributed by atoms with van der Waals surface area (Å²) < 4.78 is 5.65. The zero-order valence-corrected chi connectivity index (χ0v) is 12.7. The number of rotatable bonds is 4. The normalized spacial score (nSPS) is 10.0. The molecule has 0 aliphatic rings. The maximum absolute atomic E-state index is 11.0. The van der Waals surface area contributed by atoms with Crippen LogP contribution in [0, 0.1) is 0 Å². The summed E-state index contributed by atoms with van der Waals surface area (Å²) in [6.45, 7) is 0.770. The molecule has 1 aromatic heterocycles. The molecule has 2 N–H and O–H groups in total. The van der Waals surface area contributed by atoms with E-state index in [1.54, 1.807) is 11.3 Å². The molecular formula is C13H13BrN2O2S. The van der Waals surface area contributed by atoms with Crippen molar-refractivity contribution in [1.29, 1.82) is 0 Å². The third-order valence-electron chi connectivity index (χ3n) is 2.44. The second kappa shape index (κ2) is 6.58. The van der Waals surface area contributed by atoms with Crippen LogP contribution in [0.4, 0.5) is 16.2 Å². The number of anilines is 2. The first-order valence-electron chi connectivity index (χ1n) is 5.59. The number of ether oxygens (including phenoxy) is 1. The van der Waals surface area contributed by atoms with Crippen LogP contribution in [0.1, 0.15) is 5.56 Å². The second-order valence-electron chi connectivity index (χ2n) is 3.81. The van der Waals surface area contributed by atoms with Crippen LogP contribution in [0.15, 0.2) is 39.5 Å². The zero-order valence-electron chi connectivity index (χ0n) is 10.3. The van der Waals surface area contributed by atoms with Gasteiger partial charge in [-0.3, -0.25) is 5.32 Å². The molecule has 2 rings (SSSR count). The van der Waals surface area contributed by atoms with Gasteiger partial charge in [-0.15, -0.1) is 11.3 Å². The molecule has 100 valence electrons. The van der Waals surface area contributed by atoms with Crippen LogP contribution >= 0.6 is 27.3 Å². The van der Waals surface area contributed by atoms with Gasteiger partial charge in [0.05, 0.1) is 10.9 Å². The number of nitrogens with one attached hydrogen (secondary N) is 2. The lowest BCUT2D eigenvalue weighted by Crippen LogP contribution is -2.10. The van der Waals surface area contributed by atoms with Crippen molar-refractivity contribution in [3.63, 3.8) is 0 Å². The number of carbonyl (C=O) groups is 1. The van der Waals surface area contributed by atoms with E-state index >= 15 is 0 Å². The summed E-state index contributed by atoms with van der Waals surface area (Å²) in [5.74, 6) is 0. The van der Waals surface area contributed by atoms with Crippen LogP contribution in [0.5, 0.6) is 0 Å². The SMILES string of the molecule is COC(=O)Nc1ccc(NCc2csc(Br)c2)cc1. The molecule has 1 aromatic carbocycles. The van der Waals surface area contributed by atoms with Crippen molar-refractivity contribution in [2.24, 2.45) is 0 Å². The number of thiophene rings is 1. The maximum Gasteiger partial charge on any atom is 0.411 e. The van der Waals surface area contributed by atoms with Crippen LogP contribution in [0.25, 0.3) is 0 Å². The molecule has 0 saturated carbocycles. The van der Waals surface area contributed by atoms with Crippen LogP contribution in [-0.2, 0) is 11.3 Å². The highest BCUT2D eigenvalue weighted by atomic mass is 79.9. The molecule has 0 aliphatic carbocycles. The molecule has 0 spiro atoms. The lowest BCUT2D eigenvalue weighted by Gasteiger charge is -2.07. The van der Waals surface area contributed by atoms with E-state index in [2.05, 4.69) is 42.7 Å². The van der Waals surface area contributed by atoms with Crippen molar-refractivity contribution in [3.8, 4) is 0 Å². The first kappa shape index (κ1) is 13.9. The molecule has 1 amide bonds. The van der Waals surface area contributed by atoms with Gasteiger partial charge in [0, 0.05) is 17.9 Å². The minimum Gasteiger partial charge on any atom is -0.453 e. The fourth-order valence-corrected chi connectivity index (χ4v) is 2.69. The Labute approximate surface area is 123 Å². The van der Waals surface area contributed by atoms with E-state index in [4.69, 9.17) is 0 Å². The van der Waals surface area contributed by atoms with E-state index in [9.17, 15) is 4.79 Å². The van der Waals surface area contributed by atoms with Gasteiger partial charge in [0.15, 0.2) is 0 Å². The van der Waals surface area contributed by atoms with E-state index in [1.807, 2.05) is 24.3 Å². The Kier molecular flexibility index (Phi) is 4.81. The lowest BCUT2D eigenvalue weighted by molar-refractivity contribution is 0.187. The predicted molar refractivity (Wildman–Crippen MR) is 81.8 cm³/mol. The number of hydrogen-bond donors (Lipinski definition) is 2. The van der Waals surface area contributed by atoms with Crippen molar-refractivity contribution in [1.82, 2.24) is 0 Å². The molecule has 19 heavy (non-hydrogen) atoms. The van der Waals surface area contributed by atoms with Crippen LogP contribution in [0.3, 0.4) is 0 Å². The summed E-state index contributed by atoms with van der Waals surface area (Å²) in [5.41, 5.74) is 2.93. The largest absolute Gasteiger partial charge is 0.453 e. The van der Waals surface area contributed by atoms with Gasteiger partial charge in [-0.25, -0.2) is 4.79 Å². The highest BCUT2D eigenvalue weighted by Gasteiger charge is 2.01. The zero-order chi connectivity index (χ0) is 13.7. The van der Waals surface area contributed by atoms with Gasteiger partial charge in [-0.05, 0) is 57.2 Å². The smallest absolute Gasteiger partial charge is 0.411 e. The molecule has 0 saturated heterocycles. The molecule has 0 fully saturated rings. The molecule has 6 heteroatoms. The van der Waals surface area contributed by atoms with E-state index < -0.39 is 6.09 Å². The molecular weight excluding hydrogens is 328 g/mol. The topological polar surface area (TPSA) is 50.4 Å². The maximum atomic E-state index is 11.0. The molecule has 0 unspecified atom stereocenters. The second-order valence-corrected chi connectivity index (χ2v) is 6.10. The molecule has 0 radical (unpaired) electrons. The first-order chi connectivity index (χ1) is 9.17. The Balaban J connectivity index is 1.89. The van der Waals surface area contributed by atoms with Gasteiger partial charge < -0.3 is 10.1 Å². The van der Waals surface area contributed by atoms with Crippen molar-refractivity contribution >= 4 is 44.7 Å². The van der Waals surface area contributed by atoms with Gasteiger partial charge in [0.1, 0.15) is 0 Å². The van der Waals surface area contributed by atoms with Crippen LogP contribution < -0.4 is 10.6 Å². The van der Waals surface area contributed by atoms with Crippen molar-refractivity contribution in [3.05, 3.63) is 45.1 Å². The van der Waals surface area contributed by atoms with Gasteiger partial charge in [0.2, 0.25) is 0 Å². The Morgan fingerprint density at radius 1 is 1.32 bits per heavy atom. The Morgan fingerprint density at radius 3 is 2.58 bits per heavy atom. The van der Waals surface area contributed by atoms with Gasteiger partial charge >= 0.3 is 6.09 Å². The molecule has 1 heterocycles. The third-order valence-corrected chi connectivity index (χ3v) is 3.99. The summed E-state index contributed by atoms with van der Waals surface area (Å²) >= 11 is 5.10.